The Morgan fingerprint density at radius 3 is 2.74 bits per heavy atom. The highest BCUT2D eigenvalue weighted by atomic mass is 79.9. The Balaban J connectivity index is 2.01. The molecule has 0 radical (unpaired) electrons. The summed E-state index contributed by atoms with van der Waals surface area (Å²) in [7, 11) is 0. The van der Waals surface area contributed by atoms with Gasteiger partial charge in [0.2, 0.25) is 0 Å². The van der Waals surface area contributed by atoms with Crippen LogP contribution in [0.3, 0.4) is 0 Å². The van der Waals surface area contributed by atoms with Crippen LogP contribution in [0.5, 0.6) is 5.75 Å². The molecule has 1 rings (SSSR count). The zero-order valence-electron chi connectivity index (χ0n) is 11.3. The van der Waals surface area contributed by atoms with Gasteiger partial charge in [-0.2, -0.15) is 0 Å². The number of benzene rings is 1. The van der Waals surface area contributed by atoms with Crippen LogP contribution in [0.1, 0.15) is 19.8 Å². The minimum atomic E-state index is 0.594. The van der Waals surface area contributed by atoms with Crippen molar-refractivity contribution in [1.29, 1.82) is 0 Å². The molecule has 3 nitrogen and oxygen atoms in total. The standard InChI is InChI=1S/C14H21BrClNO2/c1-2-3-8-18-9-6-17-7-10-19-14-5-4-12(15)11-13(14)16/h4-5,11,17H,2-3,6-10H2,1H3. The Bertz CT molecular complexity index is 363. The van der Waals surface area contributed by atoms with Gasteiger partial charge in [-0.15, -0.1) is 0 Å². The average Bonchev–Trinajstić information content (AvgIpc) is 2.39. The lowest BCUT2D eigenvalue weighted by Crippen LogP contribution is -2.25. The quantitative estimate of drug-likeness (QED) is 0.649. The summed E-state index contributed by atoms with van der Waals surface area (Å²) in [6.45, 7) is 5.98. The lowest BCUT2D eigenvalue weighted by atomic mass is 10.3. The molecule has 0 bridgehead atoms. The maximum Gasteiger partial charge on any atom is 0.138 e. The first-order valence-corrected chi connectivity index (χ1v) is 7.77. The molecule has 1 aromatic carbocycles. The first-order valence-electron chi connectivity index (χ1n) is 6.60. The SMILES string of the molecule is CCCCOCCNCCOc1ccc(Br)cc1Cl. The Morgan fingerprint density at radius 2 is 2.00 bits per heavy atom. The highest BCUT2D eigenvalue weighted by Gasteiger charge is 2.01. The second-order valence-corrected chi connectivity index (χ2v) is 5.46. The highest BCUT2D eigenvalue weighted by Crippen LogP contribution is 2.27. The van der Waals surface area contributed by atoms with Crippen LogP contribution in [0.25, 0.3) is 0 Å². The van der Waals surface area contributed by atoms with Crippen LogP contribution < -0.4 is 10.1 Å². The Morgan fingerprint density at radius 1 is 1.21 bits per heavy atom. The lowest BCUT2D eigenvalue weighted by molar-refractivity contribution is 0.132. The minimum absolute atomic E-state index is 0.594. The molecule has 0 saturated carbocycles. The van der Waals surface area contributed by atoms with E-state index in [2.05, 4.69) is 28.2 Å². The summed E-state index contributed by atoms with van der Waals surface area (Å²) in [5.74, 6) is 0.714. The van der Waals surface area contributed by atoms with Gasteiger partial charge in [0.1, 0.15) is 12.4 Å². The maximum absolute atomic E-state index is 6.05. The van der Waals surface area contributed by atoms with Gasteiger partial charge >= 0.3 is 0 Å². The van der Waals surface area contributed by atoms with Crippen molar-refractivity contribution >= 4 is 27.5 Å². The molecule has 0 fully saturated rings. The van der Waals surface area contributed by atoms with Crippen LogP contribution in [0.15, 0.2) is 22.7 Å². The predicted octanol–water partition coefficient (Wildman–Crippen LogP) is 3.89. The molecule has 19 heavy (non-hydrogen) atoms. The van der Waals surface area contributed by atoms with Gasteiger partial charge in [-0.05, 0) is 24.6 Å². The van der Waals surface area contributed by atoms with Gasteiger partial charge in [0.25, 0.3) is 0 Å². The Labute approximate surface area is 128 Å². The fraction of sp³-hybridized carbons (Fsp3) is 0.571. The third-order valence-electron chi connectivity index (χ3n) is 2.50. The molecular formula is C14H21BrClNO2. The fourth-order valence-electron chi connectivity index (χ4n) is 1.44. The van der Waals surface area contributed by atoms with Crippen molar-refractivity contribution in [3.63, 3.8) is 0 Å². The molecule has 0 aliphatic heterocycles. The number of rotatable bonds is 10. The molecule has 0 aliphatic carbocycles. The lowest BCUT2D eigenvalue weighted by Gasteiger charge is -2.09. The Hall–Kier alpha value is -0.290. The summed E-state index contributed by atoms with van der Waals surface area (Å²) in [6, 6.07) is 5.60. The number of halogens is 2. The van der Waals surface area contributed by atoms with E-state index in [0.29, 0.717) is 17.4 Å². The van der Waals surface area contributed by atoms with E-state index >= 15 is 0 Å². The number of ether oxygens (including phenoxy) is 2. The molecule has 0 aromatic heterocycles. The highest BCUT2D eigenvalue weighted by molar-refractivity contribution is 9.10. The molecule has 1 aromatic rings. The second-order valence-electron chi connectivity index (χ2n) is 4.14. The summed E-state index contributed by atoms with van der Waals surface area (Å²) in [5.41, 5.74) is 0. The normalized spacial score (nSPS) is 10.7. The summed E-state index contributed by atoms with van der Waals surface area (Å²) in [6.07, 6.45) is 2.31. The van der Waals surface area contributed by atoms with Crippen molar-refractivity contribution in [3.05, 3.63) is 27.7 Å². The van der Waals surface area contributed by atoms with E-state index < -0.39 is 0 Å². The summed E-state index contributed by atoms with van der Waals surface area (Å²) in [4.78, 5) is 0. The summed E-state index contributed by atoms with van der Waals surface area (Å²) >= 11 is 9.40. The van der Waals surface area contributed by atoms with Gasteiger partial charge in [0.05, 0.1) is 11.6 Å². The molecule has 0 atom stereocenters. The van der Waals surface area contributed by atoms with Gasteiger partial charge in [0.15, 0.2) is 0 Å². The van der Waals surface area contributed by atoms with E-state index in [4.69, 9.17) is 21.1 Å². The predicted molar refractivity (Wildman–Crippen MR) is 83.2 cm³/mol. The first kappa shape index (κ1) is 16.8. The van der Waals surface area contributed by atoms with Crippen LogP contribution >= 0.6 is 27.5 Å². The molecule has 0 spiro atoms. The average molecular weight is 351 g/mol. The number of unbranched alkanes of at least 4 members (excludes halogenated alkanes) is 1. The van der Waals surface area contributed by atoms with E-state index in [1.807, 2.05) is 18.2 Å². The smallest absolute Gasteiger partial charge is 0.138 e. The molecule has 0 amide bonds. The largest absolute Gasteiger partial charge is 0.491 e. The van der Waals surface area contributed by atoms with Gasteiger partial charge in [-0.3, -0.25) is 0 Å². The van der Waals surface area contributed by atoms with E-state index in [9.17, 15) is 0 Å². The topological polar surface area (TPSA) is 30.5 Å². The number of hydrogen-bond donors (Lipinski definition) is 1. The minimum Gasteiger partial charge on any atom is -0.491 e. The van der Waals surface area contributed by atoms with Crippen molar-refractivity contribution in [2.24, 2.45) is 0 Å². The van der Waals surface area contributed by atoms with Crippen LogP contribution in [0, 0.1) is 0 Å². The number of hydrogen-bond acceptors (Lipinski definition) is 3. The third-order valence-corrected chi connectivity index (χ3v) is 3.28. The van der Waals surface area contributed by atoms with Crippen LogP contribution in [-0.2, 0) is 4.74 Å². The zero-order valence-corrected chi connectivity index (χ0v) is 13.6. The van der Waals surface area contributed by atoms with Gasteiger partial charge < -0.3 is 14.8 Å². The van der Waals surface area contributed by atoms with Gasteiger partial charge in [0, 0.05) is 24.2 Å². The monoisotopic (exact) mass is 349 g/mol. The van der Waals surface area contributed by atoms with E-state index in [-0.39, 0.29) is 0 Å². The van der Waals surface area contributed by atoms with Crippen LogP contribution in [0.2, 0.25) is 5.02 Å². The van der Waals surface area contributed by atoms with Crippen molar-refractivity contribution in [2.45, 2.75) is 19.8 Å². The summed E-state index contributed by atoms with van der Waals surface area (Å²) < 4.78 is 12.0. The molecule has 0 unspecified atom stereocenters. The first-order chi connectivity index (χ1) is 9.24. The van der Waals surface area contributed by atoms with E-state index in [0.717, 1.165) is 37.2 Å². The molecule has 5 heteroatoms. The van der Waals surface area contributed by atoms with E-state index in [1.54, 1.807) is 0 Å². The van der Waals surface area contributed by atoms with Crippen molar-refractivity contribution in [3.8, 4) is 5.75 Å². The molecule has 0 heterocycles. The fourth-order valence-corrected chi connectivity index (χ4v) is 2.17. The van der Waals surface area contributed by atoms with Crippen LogP contribution in [0.4, 0.5) is 0 Å². The molecular weight excluding hydrogens is 330 g/mol. The van der Waals surface area contributed by atoms with Crippen molar-refractivity contribution in [1.82, 2.24) is 5.32 Å². The zero-order chi connectivity index (χ0) is 13.9. The van der Waals surface area contributed by atoms with Crippen LogP contribution in [-0.4, -0.2) is 32.9 Å². The summed E-state index contributed by atoms with van der Waals surface area (Å²) in [5, 5.41) is 3.88. The second kappa shape index (κ2) is 10.5. The van der Waals surface area contributed by atoms with Crippen molar-refractivity contribution in [2.75, 3.05) is 32.9 Å². The van der Waals surface area contributed by atoms with Gasteiger partial charge in [-0.25, -0.2) is 0 Å². The molecule has 0 saturated heterocycles. The molecule has 1 N–H and O–H groups in total. The van der Waals surface area contributed by atoms with Crippen molar-refractivity contribution < 1.29 is 9.47 Å². The molecule has 108 valence electrons. The van der Waals surface area contributed by atoms with E-state index in [1.165, 1.54) is 6.42 Å². The number of nitrogens with one attached hydrogen (secondary N) is 1. The third kappa shape index (κ3) is 7.78. The Kier molecular flexibility index (Phi) is 9.26. The van der Waals surface area contributed by atoms with Gasteiger partial charge in [-0.1, -0.05) is 40.9 Å². The maximum atomic E-state index is 6.05. The molecule has 0 aliphatic rings.